The second-order valence-electron chi connectivity index (χ2n) is 7.53. The molecule has 8 nitrogen and oxygen atoms in total. The van der Waals surface area contributed by atoms with E-state index in [4.69, 9.17) is 0 Å². The fourth-order valence-corrected chi connectivity index (χ4v) is 3.74. The van der Waals surface area contributed by atoms with Crippen LogP contribution >= 0.6 is 0 Å². The van der Waals surface area contributed by atoms with Gasteiger partial charge in [-0.1, -0.05) is 6.42 Å². The van der Waals surface area contributed by atoms with E-state index in [0.717, 1.165) is 25.3 Å². The predicted octanol–water partition coefficient (Wildman–Crippen LogP) is 3.61. The monoisotopic (exact) mass is 422 g/mol. The fourth-order valence-electron chi connectivity index (χ4n) is 3.74. The summed E-state index contributed by atoms with van der Waals surface area (Å²) < 4.78 is 14.2. The van der Waals surface area contributed by atoms with Crippen LogP contribution in [0, 0.1) is 5.82 Å². The highest BCUT2D eigenvalue weighted by molar-refractivity contribution is 5.95. The van der Waals surface area contributed by atoms with E-state index in [1.807, 2.05) is 0 Å². The molecule has 2 heterocycles. The zero-order valence-electron chi connectivity index (χ0n) is 16.4. The molecule has 0 unspecified atom stereocenters. The molecule has 1 aliphatic carbocycles. The van der Waals surface area contributed by atoms with Crippen molar-refractivity contribution in [3.05, 3.63) is 71.3 Å². The zero-order chi connectivity index (χ0) is 22.0. The molecule has 0 bridgehead atoms. The highest BCUT2D eigenvalue weighted by Gasteiger charge is 2.41. The molecular weight excluding hydrogens is 403 g/mol. The molecule has 0 saturated heterocycles. The third-order valence-corrected chi connectivity index (χ3v) is 5.57. The summed E-state index contributed by atoms with van der Waals surface area (Å²) in [7, 11) is 0. The van der Waals surface area contributed by atoms with Gasteiger partial charge in [-0.3, -0.25) is 4.98 Å². The highest BCUT2D eigenvalue weighted by atomic mass is 19.1. The summed E-state index contributed by atoms with van der Waals surface area (Å²) in [5.41, 5.74) is 0.432. The minimum Gasteiger partial charge on any atom is -0.478 e. The van der Waals surface area contributed by atoms with Crippen molar-refractivity contribution in [2.75, 3.05) is 11.9 Å². The molecule has 3 N–H and O–H groups in total. The Bertz CT molecular complexity index is 1110. The first-order chi connectivity index (χ1) is 14.9. The van der Waals surface area contributed by atoms with Gasteiger partial charge in [0.2, 0.25) is 0 Å². The number of carboxylic acids is 2. The molecule has 158 valence electrons. The minimum absolute atomic E-state index is 0.150. The Morgan fingerprint density at radius 2 is 1.74 bits per heavy atom. The Hall–Kier alpha value is -3.88. The molecular formula is C22H19FN4O4. The van der Waals surface area contributed by atoms with Crippen LogP contribution in [0.25, 0.3) is 11.3 Å². The van der Waals surface area contributed by atoms with Crippen LogP contribution < -0.4 is 5.32 Å². The summed E-state index contributed by atoms with van der Waals surface area (Å²) in [4.78, 5) is 26.8. The summed E-state index contributed by atoms with van der Waals surface area (Å²) in [6.07, 6.45) is 4.22. The van der Waals surface area contributed by atoms with Gasteiger partial charge in [0.25, 0.3) is 0 Å². The molecule has 4 rings (SSSR count). The number of aromatic nitrogens is 3. The van der Waals surface area contributed by atoms with E-state index in [1.54, 1.807) is 24.4 Å². The third-order valence-electron chi connectivity index (χ3n) is 5.57. The number of hydrogen-bond donors (Lipinski definition) is 3. The molecule has 31 heavy (non-hydrogen) atoms. The largest absolute Gasteiger partial charge is 0.478 e. The number of nitrogens with zero attached hydrogens (tertiary/aromatic N) is 3. The number of rotatable bonds is 7. The molecule has 0 radical (unpaired) electrons. The number of carbonyl (C=O) groups is 2. The maximum atomic E-state index is 14.2. The van der Waals surface area contributed by atoms with Crippen LogP contribution in [0.15, 0.2) is 48.7 Å². The van der Waals surface area contributed by atoms with E-state index in [0.29, 0.717) is 29.3 Å². The first kappa shape index (κ1) is 20.4. The predicted molar refractivity (Wildman–Crippen MR) is 110 cm³/mol. The average Bonchev–Trinajstić information content (AvgIpc) is 2.74. The van der Waals surface area contributed by atoms with Crippen LogP contribution in [0.4, 0.5) is 10.2 Å². The van der Waals surface area contributed by atoms with Crippen molar-refractivity contribution < 1.29 is 24.2 Å². The number of halogens is 1. The molecule has 2 aromatic heterocycles. The number of hydrogen-bond acceptors (Lipinski definition) is 6. The number of benzene rings is 1. The van der Waals surface area contributed by atoms with Crippen LogP contribution in [0.2, 0.25) is 0 Å². The first-order valence-corrected chi connectivity index (χ1v) is 9.69. The molecule has 0 amide bonds. The van der Waals surface area contributed by atoms with E-state index in [1.165, 1.54) is 18.2 Å². The zero-order valence-corrected chi connectivity index (χ0v) is 16.4. The van der Waals surface area contributed by atoms with Crippen LogP contribution in [-0.4, -0.2) is 43.9 Å². The Morgan fingerprint density at radius 1 is 1.03 bits per heavy atom. The Labute approximate surface area is 176 Å². The second kappa shape index (κ2) is 8.10. The second-order valence-corrected chi connectivity index (χ2v) is 7.53. The summed E-state index contributed by atoms with van der Waals surface area (Å²) in [5.74, 6) is -2.32. The van der Waals surface area contributed by atoms with Crippen LogP contribution in [0.5, 0.6) is 0 Å². The molecule has 0 spiro atoms. The lowest BCUT2D eigenvalue weighted by molar-refractivity contribution is 0.0696. The SMILES string of the molecule is O=C(O)c1cc(C(=O)O)cc(-c2ccc(NCC3(c4ncccc4F)CCC3)nn2)c1. The third kappa shape index (κ3) is 4.07. The summed E-state index contributed by atoms with van der Waals surface area (Å²) in [6, 6.07) is 10.0. The number of anilines is 1. The first-order valence-electron chi connectivity index (χ1n) is 9.69. The normalized spacial score (nSPS) is 14.5. The Balaban J connectivity index is 1.53. The highest BCUT2D eigenvalue weighted by Crippen LogP contribution is 2.43. The van der Waals surface area contributed by atoms with Gasteiger partial charge in [0.1, 0.15) is 11.6 Å². The number of aromatic carboxylic acids is 2. The van der Waals surface area contributed by atoms with Crippen LogP contribution in [0.3, 0.4) is 0 Å². The van der Waals surface area contributed by atoms with E-state index >= 15 is 0 Å². The maximum absolute atomic E-state index is 14.2. The number of nitrogens with one attached hydrogen (secondary N) is 1. The summed E-state index contributed by atoms with van der Waals surface area (Å²) in [5, 5.41) is 29.8. The Kier molecular flexibility index (Phi) is 5.33. The number of pyridine rings is 1. The molecule has 1 aromatic carbocycles. The lowest BCUT2D eigenvalue weighted by Gasteiger charge is -2.41. The van der Waals surface area contributed by atoms with E-state index in [2.05, 4.69) is 20.5 Å². The molecule has 1 fully saturated rings. The quantitative estimate of drug-likeness (QED) is 0.527. The lowest BCUT2D eigenvalue weighted by atomic mass is 9.66. The van der Waals surface area contributed by atoms with E-state index < -0.39 is 17.4 Å². The van der Waals surface area contributed by atoms with Crippen LogP contribution in [0.1, 0.15) is 45.7 Å². The molecule has 0 atom stereocenters. The summed E-state index contributed by atoms with van der Waals surface area (Å²) in [6.45, 7) is 0.451. The van der Waals surface area contributed by atoms with Gasteiger partial charge in [0, 0.05) is 23.7 Å². The van der Waals surface area contributed by atoms with Crippen LogP contribution in [-0.2, 0) is 5.41 Å². The Morgan fingerprint density at radius 3 is 2.26 bits per heavy atom. The molecule has 3 aromatic rings. The van der Waals surface area contributed by atoms with Crippen molar-refractivity contribution in [3.63, 3.8) is 0 Å². The van der Waals surface area contributed by atoms with E-state index in [-0.39, 0.29) is 16.9 Å². The van der Waals surface area contributed by atoms with Crippen molar-refractivity contribution in [1.29, 1.82) is 0 Å². The molecule has 1 aliphatic rings. The molecule has 9 heteroatoms. The van der Waals surface area contributed by atoms with Gasteiger partial charge in [0.15, 0.2) is 0 Å². The topological polar surface area (TPSA) is 125 Å². The van der Waals surface area contributed by atoms with Gasteiger partial charge in [0.05, 0.1) is 22.5 Å². The van der Waals surface area contributed by atoms with Gasteiger partial charge in [-0.15, -0.1) is 10.2 Å². The lowest BCUT2D eigenvalue weighted by Crippen LogP contribution is -2.42. The van der Waals surface area contributed by atoms with Gasteiger partial charge in [-0.05, 0) is 55.3 Å². The van der Waals surface area contributed by atoms with Gasteiger partial charge < -0.3 is 15.5 Å². The number of carboxylic acid groups (broad SMARTS) is 2. The maximum Gasteiger partial charge on any atom is 0.335 e. The summed E-state index contributed by atoms with van der Waals surface area (Å²) >= 11 is 0. The molecule has 1 saturated carbocycles. The van der Waals surface area contributed by atoms with Gasteiger partial charge in [-0.25, -0.2) is 14.0 Å². The smallest absolute Gasteiger partial charge is 0.335 e. The van der Waals surface area contributed by atoms with Crippen molar-refractivity contribution in [2.24, 2.45) is 0 Å². The van der Waals surface area contributed by atoms with Gasteiger partial charge in [-0.2, -0.15) is 0 Å². The van der Waals surface area contributed by atoms with Crippen molar-refractivity contribution in [1.82, 2.24) is 15.2 Å². The van der Waals surface area contributed by atoms with Crippen molar-refractivity contribution in [2.45, 2.75) is 24.7 Å². The standard InChI is InChI=1S/C22H19FN4O4/c23-16-3-1-8-24-19(16)22(6-2-7-22)12-25-18-5-4-17(26-27-18)13-9-14(20(28)29)11-15(10-13)21(30)31/h1,3-5,8-11H,2,6-7,12H2,(H,25,27)(H,28,29)(H,30,31). The average molecular weight is 422 g/mol. The van der Waals surface area contributed by atoms with Crippen molar-refractivity contribution in [3.8, 4) is 11.3 Å². The van der Waals surface area contributed by atoms with Crippen molar-refractivity contribution >= 4 is 17.8 Å². The minimum atomic E-state index is -1.23. The molecule has 0 aliphatic heterocycles. The van der Waals surface area contributed by atoms with E-state index in [9.17, 15) is 24.2 Å². The fraction of sp³-hybridized carbons (Fsp3) is 0.227. The van der Waals surface area contributed by atoms with Gasteiger partial charge >= 0.3 is 11.9 Å².